The fourth-order valence-corrected chi connectivity index (χ4v) is 6.49. The van der Waals surface area contributed by atoms with E-state index in [1.54, 1.807) is 35.8 Å². The Morgan fingerprint density at radius 2 is 1.64 bits per heavy atom. The fourth-order valence-electron chi connectivity index (χ4n) is 5.02. The van der Waals surface area contributed by atoms with Crippen LogP contribution in [-0.2, 0) is 24.2 Å². The number of ether oxygens (including phenoxy) is 3. The first kappa shape index (κ1) is 25.0. The van der Waals surface area contributed by atoms with Crippen LogP contribution < -0.4 is 0 Å². The Hall–Kier alpha value is -2.67. The number of amides is 2. The van der Waals surface area contributed by atoms with Crippen molar-refractivity contribution >= 4 is 33.0 Å². The molecule has 0 bridgehead atoms. The van der Waals surface area contributed by atoms with E-state index in [4.69, 9.17) is 18.6 Å². The summed E-state index contributed by atoms with van der Waals surface area (Å²) in [7, 11) is -3.73. The molecule has 3 aliphatic heterocycles. The number of hydrogen-bond donors (Lipinski definition) is 0. The molecule has 0 radical (unpaired) electrons. The average Bonchev–Trinajstić information content (AvgIpc) is 3.48. The fraction of sp³-hybridized carbons (Fsp3) is 0.583. The largest absolute Gasteiger partial charge is 0.451 e. The molecule has 1 aromatic carbocycles. The molecule has 5 rings (SSSR count). The van der Waals surface area contributed by atoms with Crippen LogP contribution in [0.1, 0.15) is 35.9 Å². The Labute approximate surface area is 209 Å². The molecule has 1 spiro atoms. The molecule has 11 nitrogen and oxygen atoms in total. The van der Waals surface area contributed by atoms with Crippen molar-refractivity contribution in [2.45, 2.75) is 37.4 Å². The van der Waals surface area contributed by atoms with Gasteiger partial charge < -0.3 is 28.4 Å². The quantitative estimate of drug-likeness (QED) is 0.601. The van der Waals surface area contributed by atoms with Crippen molar-refractivity contribution < 1.29 is 36.6 Å². The van der Waals surface area contributed by atoms with Crippen molar-refractivity contribution in [3.05, 3.63) is 29.5 Å². The molecule has 4 heterocycles. The van der Waals surface area contributed by atoms with Gasteiger partial charge in [-0.25, -0.2) is 13.2 Å². The number of piperidine rings is 1. The molecule has 0 saturated carbocycles. The number of carbonyl (C=O) groups is 2. The second-order valence-electron chi connectivity index (χ2n) is 9.20. The van der Waals surface area contributed by atoms with E-state index >= 15 is 0 Å². The smallest absolute Gasteiger partial charge is 0.409 e. The summed E-state index contributed by atoms with van der Waals surface area (Å²) in [5.74, 6) is -0.761. The SMILES string of the molecule is CCOC(=O)N1CCN(C(=O)c2oc3ccc(S(=O)(=O)N4CCC5(CC4)OCCO5)cc3c2C)CC1. The first-order valence-electron chi connectivity index (χ1n) is 12.3. The summed E-state index contributed by atoms with van der Waals surface area (Å²) in [5, 5.41) is 0.584. The normalized spacial score (nSPS) is 20.8. The molecule has 0 atom stereocenters. The second kappa shape index (κ2) is 9.66. The summed E-state index contributed by atoms with van der Waals surface area (Å²) in [6, 6.07) is 4.69. The minimum atomic E-state index is -3.73. The van der Waals surface area contributed by atoms with Gasteiger partial charge in [0.15, 0.2) is 11.5 Å². The highest BCUT2D eigenvalue weighted by Crippen LogP contribution is 2.35. The highest BCUT2D eigenvalue weighted by Gasteiger charge is 2.42. The van der Waals surface area contributed by atoms with Gasteiger partial charge >= 0.3 is 6.09 Å². The van der Waals surface area contributed by atoms with Crippen molar-refractivity contribution in [2.24, 2.45) is 0 Å². The molecular weight excluding hydrogens is 490 g/mol. The summed E-state index contributed by atoms with van der Waals surface area (Å²) in [4.78, 5) is 28.5. The van der Waals surface area contributed by atoms with Crippen LogP contribution in [0.3, 0.4) is 0 Å². The van der Waals surface area contributed by atoms with E-state index in [2.05, 4.69) is 0 Å². The number of furan rings is 1. The highest BCUT2D eigenvalue weighted by atomic mass is 32.2. The first-order valence-corrected chi connectivity index (χ1v) is 13.7. The molecule has 1 aromatic heterocycles. The van der Waals surface area contributed by atoms with Crippen molar-refractivity contribution in [3.8, 4) is 0 Å². The topological polar surface area (TPSA) is 119 Å². The summed E-state index contributed by atoms with van der Waals surface area (Å²) < 4.78 is 50.5. The summed E-state index contributed by atoms with van der Waals surface area (Å²) in [6.07, 6.45) is 0.591. The van der Waals surface area contributed by atoms with Gasteiger partial charge in [0.25, 0.3) is 5.91 Å². The standard InChI is InChI=1S/C24H31N3O8S/c1-3-32-23(29)26-12-10-25(11-13-26)22(28)21-17(2)19-16-18(4-5-20(19)35-21)36(30,31)27-8-6-24(7-9-27)33-14-15-34-24/h4-5,16H,3,6-15H2,1-2H3. The van der Waals surface area contributed by atoms with Crippen molar-refractivity contribution in [2.75, 3.05) is 59.1 Å². The number of rotatable bonds is 4. The molecule has 0 N–H and O–H groups in total. The Morgan fingerprint density at radius 3 is 2.28 bits per heavy atom. The second-order valence-corrected chi connectivity index (χ2v) is 11.1. The van der Waals surface area contributed by atoms with Crippen molar-refractivity contribution in [3.63, 3.8) is 0 Å². The minimum Gasteiger partial charge on any atom is -0.451 e. The van der Waals surface area contributed by atoms with Gasteiger partial charge in [0, 0.05) is 63.1 Å². The van der Waals surface area contributed by atoms with Crippen LogP contribution in [0.2, 0.25) is 0 Å². The lowest BCUT2D eigenvalue weighted by Crippen LogP contribution is -2.50. The zero-order chi connectivity index (χ0) is 25.5. The maximum absolute atomic E-state index is 13.4. The Bertz CT molecular complexity index is 1250. The third kappa shape index (κ3) is 4.47. The van der Waals surface area contributed by atoms with Crippen LogP contribution in [0, 0.1) is 6.92 Å². The third-order valence-corrected chi connectivity index (χ3v) is 9.02. The van der Waals surface area contributed by atoms with E-state index in [1.807, 2.05) is 0 Å². The number of carbonyl (C=O) groups excluding carboxylic acids is 2. The first-order chi connectivity index (χ1) is 17.2. The van der Waals surface area contributed by atoms with Gasteiger partial charge in [-0.15, -0.1) is 0 Å². The Kier molecular flexibility index (Phi) is 6.70. The zero-order valence-corrected chi connectivity index (χ0v) is 21.3. The van der Waals surface area contributed by atoms with Crippen molar-refractivity contribution in [1.29, 1.82) is 0 Å². The van der Waals surface area contributed by atoms with Gasteiger partial charge in [-0.1, -0.05) is 0 Å². The molecule has 196 valence electrons. The number of benzene rings is 1. The molecule has 2 amide bonds. The molecule has 0 aliphatic carbocycles. The van der Waals surface area contributed by atoms with Crippen LogP contribution >= 0.6 is 0 Å². The number of aryl methyl sites for hydroxylation is 1. The summed E-state index contributed by atoms with van der Waals surface area (Å²) in [5.41, 5.74) is 1.04. The van der Waals surface area contributed by atoms with Crippen LogP contribution in [0.15, 0.2) is 27.5 Å². The minimum absolute atomic E-state index is 0.158. The molecule has 36 heavy (non-hydrogen) atoms. The number of nitrogens with zero attached hydrogens (tertiary/aromatic N) is 3. The molecule has 2 aromatic rings. The van der Waals surface area contributed by atoms with Crippen LogP contribution in [0.25, 0.3) is 11.0 Å². The molecule has 12 heteroatoms. The van der Waals surface area contributed by atoms with Crippen LogP contribution in [-0.4, -0.2) is 99.4 Å². The van der Waals surface area contributed by atoms with E-state index in [9.17, 15) is 18.0 Å². The Balaban J connectivity index is 1.31. The monoisotopic (exact) mass is 521 g/mol. The van der Waals surface area contributed by atoms with Gasteiger partial charge in [-0.05, 0) is 32.0 Å². The number of piperazine rings is 1. The number of fused-ring (bicyclic) bond motifs is 1. The lowest BCUT2D eigenvalue weighted by molar-refractivity contribution is -0.179. The van der Waals surface area contributed by atoms with E-state index < -0.39 is 15.8 Å². The van der Waals surface area contributed by atoms with Crippen molar-refractivity contribution in [1.82, 2.24) is 14.1 Å². The molecule has 0 unspecified atom stereocenters. The van der Waals surface area contributed by atoms with Crippen LogP contribution in [0.4, 0.5) is 4.79 Å². The number of sulfonamides is 1. The molecule has 3 saturated heterocycles. The maximum Gasteiger partial charge on any atom is 0.409 e. The van der Waals surface area contributed by atoms with Gasteiger partial charge in [-0.2, -0.15) is 4.31 Å². The third-order valence-electron chi connectivity index (χ3n) is 7.13. The van der Waals surface area contributed by atoms with E-state index in [-0.39, 0.29) is 22.7 Å². The van der Waals surface area contributed by atoms with Crippen LogP contribution in [0.5, 0.6) is 0 Å². The molecule has 3 fully saturated rings. The zero-order valence-electron chi connectivity index (χ0n) is 20.5. The van der Waals surface area contributed by atoms with E-state index in [0.29, 0.717) is 88.5 Å². The maximum atomic E-state index is 13.4. The summed E-state index contributed by atoms with van der Waals surface area (Å²) in [6.45, 7) is 6.96. The number of hydrogen-bond acceptors (Lipinski definition) is 8. The predicted molar refractivity (Wildman–Crippen MR) is 128 cm³/mol. The van der Waals surface area contributed by atoms with E-state index in [0.717, 1.165) is 0 Å². The average molecular weight is 522 g/mol. The van der Waals surface area contributed by atoms with Gasteiger partial charge in [0.1, 0.15) is 5.58 Å². The van der Waals surface area contributed by atoms with E-state index in [1.165, 1.54) is 10.4 Å². The molecular formula is C24H31N3O8S. The van der Waals surface area contributed by atoms with Gasteiger partial charge in [-0.3, -0.25) is 4.79 Å². The highest BCUT2D eigenvalue weighted by molar-refractivity contribution is 7.89. The summed E-state index contributed by atoms with van der Waals surface area (Å²) >= 11 is 0. The lowest BCUT2D eigenvalue weighted by Gasteiger charge is -2.36. The van der Waals surface area contributed by atoms with Gasteiger partial charge in [0.05, 0.1) is 24.7 Å². The van der Waals surface area contributed by atoms with Gasteiger partial charge in [0.2, 0.25) is 10.0 Å². The lowest BCUT2D eigenvalue weighted by atomic mass is 10.1. The Morgan fingerprint density at radius 1 is 1.00 bits per heavy atom. The predicted octanol–water partition coefficient (Wildman–Crippen LogP) is 2.18. The molecule has 3 aliphatic rings.